The molecule has 1 aliphatic rings. The Labute approximate surface area is 237 Å². The number of aromatic nitrogens is 2. The first-order chi connectivity index (χ1) is 19.3. The van der Waals surface area contributed by atoms with Gasteiger partial charge in [0, 0.05) is 12.3 Å². The fourth-order valence-electron chi connectivity index (χ4n) is 3.74. The third kappa shape index (κ3) is 9.08. The van der Waals surface area contributed by atoms with Crippen molar-refractivity contribution in [3.63, 3.8) is 0 Å². The average Bonchev–Trinajstić information content (AvgIpc) is 3.17. The van der Waals surface area contributed by atoms with Crippen LogP contribution in [-0.4, -0.2) is 81.3 Å². The summed E-state index contributed by atoms with van der Waals surface area (Å²) in [5.74, 6) is -1.77. The summed E-state index contributed by atoms with van der Waals surface area (Å²) in [5.41, 5.74) is -1.66. The summed E-state index contributed by atoms with van der Waals surface area (Å²) < 4.78 is 36.3. The van der Waals surface area contributed by atoms with Gasteiger partial charge in [-0.3, -0.25) is 28.5 Å². The Morgan fingerprint density at radius 3 is 2.15 bits per heavy atom. The van der Waals surface area contributed by atoms with E-state index >= 15 is 0 Å². The van der Waals surface area contributed by atoms with Gasteiger partial charge < -0.3 is 29.2 Å². The average molecular weight is 603 g/mol. The predicted octanol–water partition coefficient (Wildman–Crippen LogP) is -0.0733. The molecule has 6 atom stereocenters. The van der Waals surface area contributed by atoms with Crippen molar-refractivity contribution in [1.82, 2.24) is 19.7 Å². The molecule has 16 heteroatoms. The summed E-state index contributed by atoms with van der Waals surface area (Å²) in [6, 6.07) is -1.28. The number of terminal acetylenes is 1. The van der Waals surface area contributed by atoms with E-state index in [1.807, 2.05) is 18.8 Å². The second kappa shape index (κ2) is 15.4. The fraction of sp³-hybridized carbons (Fsp3) is 0.680. The van der Waals surface area contributed by atoms with Gasteiger partial charge >= 0.3 is 17.6 Å². The highest BCUT2D eigenvalue weighted by Gasteiger charge is 2.56. The van der Waals surface area contributed by atoms with Crippen LogP contribution >= 0.6 is 7.44 Å². The minimum absolute atomic E-state index is 0.152. The van der Waals surface area contributed by atoms with Crippen molar-refractivity contribution < 1.29 is 43.3 Å². The number of rotatable bonds is 16. The Bertz CT molecular complexity index is 1210. The van der Waals surface area contributed by atoms with E-state index in [4.69, 9.17) is 25.4 Å². The molecule has 0 radical (unpaired) electrons. The second-order valence-electron chi connectivity index (χ2n) is 9.53. The van der Waals surface area contributed by atoms with Crippen LogP contribution in [0, 0.1) is 12.3 Å². The summed E-state index contributed by atoms with van der Waals surface area (Å²) >= 11 is 0. The number of carbonyl (C=O) groups is 2. The molecule has 0 saturated carbocycles. The van der Waals surface area contributed by atoms with Gasteiger partial charge in [-0.05, 0) is 32.6 Å². The van der Waals surface area contributed by atoms with Crippen molar-refractivity contribution in [2.45, 2.75) is 89.7 Å². The van der Waals surface area contributed by atoms with Gasteiger partial charge in [0.1, 0.15) is 24.5 Å². The van der Waals surface area contributed by atoms with E-state index in [1.54, 1.807) is 0 Å². The lowest BCUT2D eigenvalue weighted by Gasteiger charge is -2.31. The van der Waals surface area contributed by atoms with Crippen molar-refractivity contribution in [1.29, 1.82) is 0 Å². The quantitative estimate of drug-likeness (QED) is 0.0727. The first-order valence-electron chi connectivity index (χ1n) is 13.3. The van der Waals surface area contributed by atoms with Crippen LogP contribution in [-0.2, 0) is 33.1 Å². The van der Waals surface area contributed by atoms with Crippen LogP contribution < -0.4 is 21.4 Å². The lowest BCUT2D eigenvalue weighted by atomic mass is 10.1. The highest BCUT2D eigenvalue weighted by molar-refractivity contribution is 7.59. The zero-order valence-corrected chi connectivity index (χ0v) is 24.4. The largest absolute Gasteiger partial charge is 0.465 e. The Hall–Kier alpha value is -2.83. The molecule has 1 aromatic heterocycles. The monoisotopic (exact) mass is 602 g/mol. The molecule has 0 amide bonds. The SMILES string of the molecule is C#C[C@]1(OCP(=O)(N[C@@H](C)C(=O)OCCCC)N[C@@H](C)C(=O)OCCCC)O[C@@H](n2ccc(=O)[nH]c2=O)[C@H](O)[C@@H]1O. The van der Waals surface area contributed by atoms with Crippen molar-refractivity contribution in [3.05, 3.63) is 33.1 Å². The van der Waals surface area contributed by atoms with E-state index in [-0.39, 0.29) is 13.2 Å². The van der Waals surface area contributed by atoms with Gasteiger partial charge in [-0.25, -0.2) is 15.0 Å². The van der Waals surface area contributed by atoms with Crippen LogP contribution in [0.25, 0.3) is 0 Å². The normalized spacial score (nSPS) is 23.9. The number of ether oxygens (including phenoxy) is 4. The highest BCUT2D eigenvalue weighted by atomic mass is 31.2. The summed E-state index contributed by atoms with van der Waals surface area (Å²) in [7, 11) is -4.09. The van der Waals surface area contributed by atoms with Gasteiger partial charge in [0.25, 0.3) is 11.3 Å². The summed E-state index contributed by atoms with van der Waals surface area (Å²) in [4.78, 5) is 50.6. The maximum absolute atomic E-state index is 14.0. The molecule has 2 heterocycles. The van der Waals surface area contributed by atoms with Gasteiger partial charge in [-0.15, -0.1) is 6.42 Å². The molecular weight excluding hydrogens is 563 g/mol. The molecule has 0 aromatic carbocycles. The van der Waals surface area contributed by atoms with E-state index in [9.17, 15) is 34.0 Å². The molecule has 5 N–H and O–H groups in total. The zero-order chi connectivity index (χ0) is 30.8. The first kappa shape index (κ1) is 34.4. The molecule has 2 rings (SSSR count). The van der Waals surface area contributed by atoms with Crippen LogP contribution in [0.3, 0.4) is 0 Å². The highest BCUT2D eigenvalue weighted by Crippen LogP contribution is 2.43. The van der Waals surface area contributed by atoms with Crippen LogP contribution in [0.15, 0.2) is 21.9 Å². The number of aliphatic hydroxyl groups excluding tert-OH is 2. The molecule has 0 bridgehead atoms. The predicted molar refractivity (Wildman–Crippen MR) is 146 cm³/mol. The number of aliphatic hydroxyl groups is 2. The molecule has 0 aliphatic carbocycles. The topological polar surface area (TPSA) is 208 Å². The maximum atomic E-state index is 14.0. The Morgan fingerprint density at radius 2 is 1.68 bits per heavy atom. The molecule has 1 aliphatic heterocycles. The number of hydrogen-bond acceptors (Lipinski definition) is 11. The van der Waals surface area contributed by atoms with Crippen LogP contribution in [0.1, 0.15) is 59.6 Å². The van der Waals surface area contributed by atoms with E-state index < -0.39 is 73.3 Å². The number of H-pyrrole nitrogens is 1. The summed E-state index contributed by atoms with van der Waals surface area (Å²) in [5, 5.41) is 26.6. The third-order valence-electron chi connectivity index (χ3n) is 6.08. The number of unbranched alkanes of at least 4 members (excludes halogenated alkanes) is 2. The maximum Gasteiger partial charge on any atom is 0.330 e. The van der Waals surface area contributed by atoms with Crippen molar-refractivity contribution >= 4 is 19.4 Å². The van der Waals surface area contributed by atoms with Crippen LogP contribution in [0.4, 0.5) is 0 Å². The lowest BCUT2D eigenvalue weighted by Crippen LogP contribution is -2.47. The number of nitrogens with zero attached hydrogens (tertiary/aromatic N) is 1. The number of carbonyl (C=O) groups excluding carboxylic acids is 2. The molecule has 1 saturated heterocycles. The Kier molecular flexibility index (Phi) is 12.9. The van der Waals surface area contributed by atoms with Gasteiger partial charge in [0.2, 0.25) is 7.44 Å². The van der Waals surface area contributed by atoms with Crippen LogP contribution in [0.2, 0.25) is 0 Å². The summed E-state index contributed by atoms with van der Waals surface area (Å²) in [6.45, 7) is 6.93. The first-order valence-corrected chi connectivity index (χ1v) is 15.2. The van der Waals surface area contributed by atoms with Crippen molar-refractivity contribution in [2.75, 3.05) is 19.6 Å². The minimum Gasteiger partial charge on any atom is -0.465 e. The van der Waals surface area contributed by atoms with Gasteiger partial charge in [-0.2, -0.15) is 0 Å². The smallest absolute Gasteiger partial charge is 0.330 e. The molecule has 0 spiro atoms. The van der Waals surface area contributed by atoms with Gasteiger partial charge in [0.15, 0.2) is 12.3 Å². The molecule has 0 unspecified atom stereocenters. The number of nitrogens with one attached hydrogen (secondary N) is 3. The Morgan fingerprint density at radius 1 is 1.15 bits per heavy atom. The van der Waals surface area contributed by atoms with Crippen LogP contribution in [0.5, 0.6) is 0 Å². The van der Waals surface area contributed by atoms with Crippen molar-refractivity contribution in [3.8, 4) is 12.3 Å². The minimum atomic E-state index is -4.09. The fourth-order valence-corrected chi connectivity index (χ4v) is 5.80. The van der Waals surface area contributed by atoms with E-state index in [0.717, 1.165) is 29.7 Å². The molecule has 1 aromatic rings. The Balaban J connectivity index is 2.29. The molecule has 230 valence electrons. The second-order valence-corrected chi connectivity index (χ2v) is 11.8. The van der Waals surface area contributed by atoms with E-state index in [2.05, 4.69) is 16.1 Å². The third-order valence-corrected chi connectivity index (χ3v) is 8.19. The van der Waals surface area contributed by atoms with Gasteiger partial charge in [-0.1, -0.05) is 26.7 Å². The number of aromatic amines is 1. The van der Waals surface area contributed by atoms with E-state index in [0.29, 0.717) is 12.8 Å². The molecular formula is C25H39N4O11P. The zero-order valence-electron chi connectivity index (χ0n) is 23.5. The standard InChI is InChI=1S/C25H39N4O11P/c1-6-9-13-37-22(33)16(4)27-41(36,28-17(5)23(34)38-14-10-7-2)15-39-25(8-3)20(32)19(31)21(40-25)29-12-11-18(30)26-24(29)35/h3,11-12,16-17,19-21,31-32H,6-7,9-10,13-15H2,1-2,4-5H3,(H,26,30,35)(H2,27,28,36)/t16-,17-,19+,20-,21+,25-/m0/s1. The van der Waals surface area contributed by atoms with E-state index in [1.165, 1.54) is 13.8 Å². The van der Waals surface area contributed by atoms with Gasteiger partial charge in [0.05, 0.1) is 13.2 Å². The number of esters is 2. The van der Waals surface area contributed by atoms with Crippen molar-refractivity contribution in [2.24, 2.45) is 0 Å². The lowest BCUT2D eigenvalue weighted by molar-refractivity contribution is -0.220. The summed E-state index contributed by atoms with van der Waals surface area (Å²) in [6.07, 6.45) is 3.24. The number of hydrogen-bond donors (Lipinski definition) is 5. The molecule has 41 heavy (non-hydrogen) atoms. The molecule has 1 fully saturated rings. The molecule has 15 nitrogen and oxygen atoms in total.